The molecule has 0 atom stereocenters. The highest BCUT2D eigenvalue weighted by Gasteiger charge is 2.29. The normalized spacial score (nSPS) is 14.6. The summed E-state index contributed by atoms with van der Waals surface area (Å²) in [6.45, 7) is 2.72. The molecule has 1 aliphatic rings. The zero-order chi connectivity index (χ0) is 24.3. The summed E-state index contributed by atoms with van der Waals surface area (Å²) in [5.74, 6) is -0.521. The van der Waals surface area contributed by atoms with Crippen molar-refractivity contribution in [2.24, 2.45) is 5.92 Å². The lowest BCUT2D eigenvalue weighted by Crippen LogP contribution is -2.41. The molecule has 0 saturated carbocycles. The summed E-state index contributed by atoms with van der Waals surface area (Å²) in [5.41, 5.74) is 1.70. The number of piperidine rings is 1. The minimum atomic E-state index is -3.82. The molecule has 8 nitrogen and oxygen atoms in total. The molecular weight excluding hydrogens is 472 g/mol. The van der Waals surface area contributed by atoms with Gasteiger partial charge >= 0.3 is 0 Å². The van der Waals surface area contributed by atoms with E-state index in [2.05, 4.69) is 10.3 Å². The highest BCUT2D eigenvalue weighted by Crippen LogP contribution is 2.25. The Labute approximate surface area is 203 Å². The van der Waals surface area contributed by atoms with Gasteiger partial charge in [0.2, 0.25) is 5.91 Å². The van der Waals surface area contributed by atoms with Crippen LogP contribution in [-0.4, -0.2) is 50.3 Å². The topological polar surface area (TPSA) is 99.7 Å². The minimum absolute atomic E-state index is 0.0534. The van der Waals surface area contributed by atoms with E-state index in [0.29, 0.717) is 42.3 Å². The maximum atomic E-state index is 13.1. The van der Waals surface area contributed by atoms with E-state index in [1.165, 1.54) is 34.8 Å². The summed E-state index contributed by atoms with van der Waals surface area (Å²) >= 11 is 1.39. The fraction of sp³-hybridized carbons (Fsp3) is 0.292. The summed E-state index contributed by atoms with van der Waals surface area (Å²) in [6, 6.07) is 14.9. The Bertz CT molecular complexity index is 1280. The van der Waals surface area contributed by atoms with Gasteiger partial charge < -0.3 is 10.2 Å². The van der Waals surface area contributed by atoms with E-state index < -0.39 is 10.0 Å². The zero-order valence-corrected chi connectivity index (χ0v) is 20.6. The van der Waals surface area contributed by atoms with Crippen LogP contribution in [0.4, 0.5) is 10.8 Å². The van der Waals surface area contributed by atoms with Gasteiger partial charge in [-0.2, -0.15) is 0 Å². The van der Waals surface area contributed by atoms with Crippen LogP contribution in [0.2, 0.25) is 0 Å². The number of sulfonamides is 1. The minimum Gasteiger partial charge on any atom is -0.339 e. The van der Waals surface area contributed by atoms with Crippen molar-refractivity contribution in [2.75, 3.05) is 29.8 Å². The van der Waals surface area contributed by atoms with E-state index in [9.17, 15) is 18.0 Å². The van der Waals surface area contributed by atoms with Gasteiger partial charge in [0.1, 0.15) is 0 Å². The van der Waals surface area contributed by atoms with E-state index in [-0.39, 0.29) is 22.6 Å². The third-order valence-corrected chi connectivity index (χ3v) is 8.52. The van der Waals surface area contributed by atoms with Crippen molar-refractivity contribution in [1.82, 2.24) is 9.88 Å². The summed E-state index contributed by atoms with van der Waals surface area (Å²) in [4.78, 5) is 31.6. The lowest BCUT2D eigenvalue weighted by Gasteiger charge is -2.31. The van der Waals surface area contributed by atoms with Gasteiger partial charge in [0.25, 0.3) is 15.9 Å². The number of aromatic nitrogens is 1. The number of carbonyl (C=O) groups excluding carboxylic acids is 2. The Balaban J connectivity index is 1.41. The van der Waals surface area contributed by atoms with Crippen molar-refractivity contribution >= 4 is 44.0 Å². The molecule has 3 aromatic rings. The van der Waals surface area contributed by atoms with Gasteiger partial charge in [-0.25, -0.2) is 13.4 Å². The third kappa shape index (κ3) is 5.13. The summed E-state index contributed by atoms with van der Waals surface area (Å²) in [7, 11) is -2.33. The van der Waals surface area contributed by atoms with Gasteiger partial charge in [-0.3, -0.25) is 13.9 Å². The first-order valence-corrected chi connectivity index (χ1v) is 13.2. The van der Waals surface area contributed by atoms with Crippen LogP contribution in [0.15, 0.2) is 64.9 Å². The van der Waals surface area contributed by atoms with Crippen molar-refractivity contribution in [3.63, 3.8) is 0 Å². The van der Waals surface area contributed by atoms with Crippen molar-refractivity contribution in [1.29, 1.82) is 0 Å². The molecule has 0 bridgehead atoms. The SMILES string of the molecule is Cc1csc(NC(=O)C2CCN(C(=O)c3cccc(S(=O)(=O)N(C)c4ccccc4)c3)CC2)n1. The van der Waals surface area contributed by atoms with Crippen molar-refractivity contribution in [2.45, 2.75) is 24.7 Å². The van der Waals surface area contributed by atoms with Crippen LogP contribution in [0.25, 0.3) is 0 Å². The Morgan fingerprint density at radius 2 is 1.79 bits per heavy atom. The van der Waals surface area contributed by atoms with E-state index in [4.69, 9.17) is 0 Å². The molecule has 1 aromatic heterocycles. The van der Waals surface area contributed by atoms with Crippen molar-refractivity contribution in [3.8, 4) is 0 Å². The van der Waals surface area contributed by atoms with Crippen LogP contribution in [0.3, 0.4) is 0 Å². The van der Waals surface area contributed by atoms with Gasteiger partial charge in [0.15, 0.2) is 5.13 Å². The van der Waals surface area contributed by atoms with Gasteiger partial charge in [0.05, 0.1) is 16.3 Å². The number of rotatable bonds is 6. The number of aryl methyl sites for hydroxylation is 1. The molecule has 1 saturated heterocycles. The molecule has 178 valence electrons. The lowest BCUT2D eigenvalue weighted by molar-refractivity contribution is -0.121. The Kier molecular flexibility index (Phi) is 6.99. The molecule has 0 aliphatic carbocycles. The molecule has 2 aromatic carbocycles. The molecule has 2 heterocycles. The summed E-state index contributed by atoms with van der Waals surface area (Å²) < 4.78 is 27.4. The molecule has 1 fully saturated rings. The molecule has 0 spiro atoms. The first-order chi connectivity index (χ1) is 16.3. The van der Waals surface area contributed by atoms with E-state index >= 15 is 0 Å². The van der Waals surface area contributed by atoms with Crippen LogP contribution in [0, 0.1) is 12.8 Å². The van der Waals surface area contributed by atoms with Gasteiger partial charge in [-0.05, 0) is 50.1 Å². The summed E-state index contributed by atoms with van der Waals surface area (Å²) in [6.07, 6.45) is 1.08. The fourth-order valence-corrected chi connectivity index (χ4v) is 5.80. The second kappa shape index (κ2) is 9.94. The third-order valence-electron chi connectivity index (χ3n) is 5.86. The molecule has 1 N–H and O–H groups in total. The maximum Gasteiger partial charge on any atom is 0.264 e. The van der Waals surface area contributed by atoms with Crippen LogP contribution in [-0.2, 0) is 14.8 Å². The monoisotopic (exact) mass is 498 g/mol. The van der Waals surface area contributed by atoms with E-state index in [1.807, 2.05) is 18.4 Å². The standard InChI is InChI=1S/C24H26N4O4S2/c1-17-16-33-24(25-17)26-22(29)18-11-13-28(14-12-18)23(30)19-7-6-10-21(15-19)34(31,32)27(2)20-8-4-3-5-9-20/h3-10,15-16,18H,11-14H2,1-2H3,(H,25,26,29). The molecule has 2 amide bonds. The number of thiazole rings is 1. The number of nitrogens with zero attached hydrogens (tertiary/aromatic N) is 3. The second-order valence-corrected chi connectivity index (χ2v) is 11.0. The van der Waals surface area contributed by atoms with Crippen LogP contribution >= 0.6 is 11.3 Å². The maximum absolute atomic E-state index is 13.1. The lowest BCUT2D eigenvalue weighted by atomic mass is 9.95. The number of likely N-dealkylation sites (tertiary alicyclic amines) is 1. The average Bonchev–Trinajstić information content (AvgIpc) is 3.28. The average molecular weight is 499 g/mol. The number of anilines is 2. The van der Waals surface area contributed by atoms with Gasteiger partial charge in [-0.15, -0.1) is 11.3 Å². The number of para-hydroxylation sites is 1. The smallest absolute Gasteiger partial charge is 0.264 e. The number of carbonyl (C=O) groups is 2. The second-order valence-electron chi connectivity index (χ2n) is 8.19. The molecule has 10 heteroatoms. The number of hydrogen-bond donors (Lipinski definition) is 1. The molecule has 0 unspecified atom stereocenters. The van der Waals surface area contributed by atoms with Crippen LogP contribution in [0.5, 0.6) is 0 Å². The highest BCUT2D eigenvalue weighted by atomic mass is 32.2. The zero-order valence-electron chi connectivity index (χ0n) is 19.0. The Morgan fingerprint density at radius 3 is 2.44 bits per heavy atom. The van der Waals surface area contributed by atoms with Gasteiger partial charge in [0, 0.05) is 37.0 Å². The number of nitrogens with one attached hydrogen (secondary N) is 1. The largest absolute Gasteiger partial charge is 0.339 e. The first kappa shape index (κ1) is 23.9. The van der Waals surface area contributed by atoms with Crippen molar-refractivity contribution < 1.29 is 18.0 Å². The van der Waals surface area contributed by atoms with Crippen molar-refractivity contribution in [3.05, 3.63) is 71.2 Å². The summed E-state index contributed by atoms with van der Waals surface area (Å²) in [5, 5.41) is 5.31. The molecule has 1 aliphatic heterocycles. The predicted molar refractivity (Wildman–Crippen MR) is 133 cm³/mol. The quantitative estimate of drug-likeness (QED) is 0.558. The number of benzene rings is 2. The Hall–Kier alpha value is -3.24. The Morgan fingerprint density at radius 1 is 1.09 bits per heavy atom. The van der Waals surface area contributed by atoms with Gasteiger partial charge in [-0.1, -0.05) is 24.3 Å². The fourth-order valence-electron chi connectivity index (χ4n) is 3.87. The van der Waals surface area contributed by atoms with E-state index in [0.717, 1.165) is 5.69 Å². The van der Waals surface area contributed by atoms with Crippen LogP contribution < -0.4 is 9.62 Å². The number of amides is 2. The highest BCUT2D eigenvalue weighted by molar-refractivity contribution is 7.92. The molecule has 34 heavy (non-hydrogen) atoms. The predicted octanol–water partition coefficient (Wildman–Crippen LogP) is 3.77. The van der Waals surface area contributed by atoms with E-state index in [1.54, 1.807) is 41.3 Å². The first-order valence-electron chi connectivity index (χ1n) is 10.9. The molecule has 0 radical (unpaired) electrons. The molecular formula is C24H26N4O4S2. The number of hydrogen-bond acceptors (Lipinski definition) is 6. The molecule has 4 rings (SSSR count). The van der Waals surface area contributed by atoms with Crippen LogP contribution in [0.1, 0.15) is 28.9 Å².